The highest BCUT2D eigenvalue weighted by Crippen LogP contribution is 2.05. The van der Waals surface area contributed by atoms with E-state index in [9.17, 15) is 4.79 Å². The Morgan fingerprint density at radius 2 is 2.13 bits per heavy atom. The smallest absolute Gasteiger partial charge is 0.241 e. The molecule has 0 bridgehead atoms. The largest absolute Gasteiger partial charge is 0.385 e. The minimum absolute atomic E-state index is 0.182. The molecule has 0 aliphatic heterocycles. The van der Waals surface area contributed by atoms with Gasteiger partial charge in [0, 0.05) is 19.4 Å². The average molecular weight is 208 g/mol. The van der Waals surface area contributed by atoms with Crippen molar-refractivity contribution in [2.24, 2.45) is 5.73 Å². The fourth-order valence-corrected chi connectivity index (χ4v) is 1.13. The van der Waals surface area contributed by atoms with Gasteiger partial charge in [-0.2, -0.15) is 0 Å². The summed E-state index contributed by atoms with van der Waals surface area (Å²) in [5.41, 5.74) is 6.42. The molecule has 1 rings (SSSR count). The number of anilines is 1. The van der Waals surface area contributed by atoms with E-state index < -0.39 is 6.04 Å². The monoisotopic (exact) mass is 208 g/mol. The number of methoxy groups -OCH3 is 1. The second kappa shape index (κ2) is 6.16. The molecule has 0 radical (unpaired) electrons. The summed E-state index contributed by atoms with van der Waals surface area (Å²) in [5.74, 6) is -0.182. The van der Waals surface area contributed by atoms with Crippen molar-refractivity contribution in [1.29, 1.82) is 0 Å². The van der Waals surface area contributed by atoms with Crippen LogP contribution in [0.15, 0.2) is 30.3 Å². The van der Waals surface area contributed by atoms with Crippen LogP contribution in [-0.4, -0.2) is 25.7 Å². The Bertz CT molecular complexity index is 301. The number of carbonyl (C=O) groups excluding carboxylic acids is 1. The molecule has 1 unspecified atom stereocenters. The summed E-state index contributed by atoms with van der Waals surface area (Å²) < 4.78 is 4.85. The summed E-state index contributed by atoms with van der Waals surface area (Å²) in [6, 6.07) is 8.72. The number of benzene rings is 1. The molecular formula is C11H16N2O2. The number of ether oxygens (including phenoxy) is 1. The van der Waals surface area contributed by atoms with Gasteiger partial charge < -0.3 is 15.8 Å². The zero-order chi connectivity index (χ0) is 11.1. The first-order valence-electron chi connectivity index (χ1n) is 4.84. The average Bonchev–Trinajstić information content (AvgIpc) is 2.27. The van der Waals surface area contributed by atoms with Gasteiger partial charge in [-0.1, -0.05) is 18.2 Å². The van der Waals surface area contributed by atoms with Gasteiger partial charge in [-0.25, -0.2) is 0 Å². The molecule has 0 aliphatic rings. The lowest BCUT2D eigenvalue weighted by atomic mass is 10.2. The van der Waals surface area contributed by atoms with Crippen molar-refractivity contribution in [3.05, 3.63) is 30.3 Å². The highest BCUT2D eigenvalue weighted by molar-refractivity contribution is 5.94. The standard InChI is InChI=1S/C11H16N2O2/c1-15-8-7-10(12)11(14)13-9-5-3-2-4-6-9/h2-6,10H,7-8,12H2,1H3,(H,13,14). The lowest BCUT2D eigenvalue weighted by molar-refractivity contribution is -0.117. The van der Waals surface area contributed by atoms with E-state index >= 15 is 0 Å². The molecule has 0 saturated carbocycles. The van der Waals surface area contributed by atoms with Gasteiger partial charge in [-0.05, 0) is 18.6 Å². The molecule has 82 valence electrons. The van der Waals surface area contributed by atoms with E-state index in [1.54, 1.807) is 7.11 Å². The lowest BCUT2D eigenvalue weighted by Crippen LogP contribution is -2.36. The van der Waals surface area contributed by atoms with Crippen molar-refractivity contribution in [2.75, 3.05) is 19.0 Å². The lowest BCUT2D eigenvalue weighted by Gasteiger charge is -2.11. The van der Waals surface area contributed by atoms with Gasteiger partial charge in [0.25, 0.3) is 0 Å². The molecule has 1 aromatic carbocycles. The quantitative estimate of drug-likeness (QED) is 0.758. The van der Waals surface area contributed by atoms with E-state index in [2.05, 4.69) is 5.32 Å². The molecule has 3 N–H and O–H groups in total. The van der Waals surface area contributed by atoms with Gasteiger partial charge in [0.15, 0.2) is 0 Å². The molecule has 0 saturated heterocycles. The zero-order valence-electron chi connectivity index (χ0n) is 8.77. The van der Waals surface area contributed by atoms with Crippen LogP contribution in [0, 0.1) is 0 Å². The van der Waals surface area contributed by atoms with Crippen LogP contribution in [-0.2, 0) is 9.53 Å². The zero-order valence-corrected chi connectivity index (χ0v) is 8.77. The summed E-state index contributed by atoms with van der Waals surface area (Å²) in [6.45, 7) is 0.489. The van der Waals surface area contributed by atoms with E-state index in [1.807, 2.05) is 30.3 Å². The molecule has 1 aromatic rings. The van der Waals surface area contributed by atoms with E-state index in [0.717, 1.165) is 5.69 Å². The molecule has 1 amide bonds. The topological polar surface area (TPSA) is 64.3 Å². The molecular weight excluding hydrogens is 192 g/mol. The van der Waals surface area contributed by atoms with E-state index in [1.165, 1.54) is 0 Å². The number of hydrogen-bond acceptors (Lipinski definition) is 3. The van der Waals surface area contributed by atoms with Crippen molar-refractivity contribution in [1.82, 2.24) is 0 Å². The van der Waals surface area contributed by atoms with Gasteiger partial charge >= 0.3 is 0 Å². The first-order valence-corrected chi connectivity index (χ1v) is 4.84. The number of nitrogens with two attached hydrogens (primary N) is 1. The molecule has 0 aliphatic carbocycles. The van der Waals surface area contributed by atoms with Crippen molar-refractivity contribution >= 4 is 11.6 Å². The van der Waals surface area contributed by atoms with Crippen molar-refractivity contribution < 1.29 is 9.53 Å². The van der Waals surface area contributed by atoms with Gasteiger partial charge in [0.1, 0.15) is 0 Å². The van der Waals surface area contributed by atoms with Crippen LogP contribution >= 0.6 is 0 Å². The van der Waals surface area contributed by atoms with Gasteiger partial charge in [-0.15, -0.1) is 0 Å². The second-order valence-corrected chi connectivity index (χ2v) is 3.24. The number of hydrogen-bond donors (Lipinski definition) is 2. The van der Waals surface area contributed by atoms with Gasteiger partial charge in [0.05, 0.1) is 6.04 Å². The molecule has 1 atom stereocenters. The number of para-hydroxylation sites is 1. The van der Waals surface area contributed by atoms with Crippen LogP contribution in [0.1, 0.15) is 6.42 Å². The predicted molar refractivity (Wildman–Crippen MR) is 59.5 cm³/mol. The highest BCUT2D eigenvalue weighted by atomic mass is 16.5. The van der Waals surface area contributed by atoms with Gasteiger partial charge in [-0.3, -0.25) is 4.79 Å². The normalized spacial score (nSPS) is 12.1. The number of carbonyl (C=O) groups is 1. The molecule has 0 fully saturated rings. The Kier molecular flexibility index (Phi) is 4.80. The fraction of sp³-hybridized carbons (Fsp3) is 0.364. The van der Waals surface area contributed by atoms with Crippen LogP contribution in [0.4, 0.5) is 5.69 Å². The number of amides is 1. The van der Waals surface area contributed by atoms with E-state index in [-0.39, 0.29) is 5.91 Å². The molecule has 4 heteroatoms. The van der Waals surface area contributed by atoms with Crippen LogP contribution in [0.2, 0.25) is 0 Å². The minimum atomic E-state index is -0.523. The third kappa shape index (κ3) is 4.10. The highest BCUT2D eigenvalue weighted by Gasteiger charge is 2.12. The minimum Gasteiger partial charge on any atom is -0.385 e. The van der Waals surface area contributed by atoms with Crippen LogP contribution in [0.25, 0.3) is 0 Å². The third-order valence-corrected chi connectivity index (χ3v) is 2.01. The van der Waals surface area contributed by atoms with Crippen LogP contribution in [0.3, 0.4) is 0 Å². The van der Waals surface area contributed by atoms with Crippen LogP contribution in [0.5, 0.6) is 0 Å². The predicted octanol–water partition coefficient (Wildman–Crippen LogP) is 0.989. The van der Waals surface area contributed by atoms with Crippen molar-refractivity contribution in [3.63, 3.8) is 0 Å². The summed E-state index contributed by atoms with van der Waals surface area (Å²) in [4.78, 5) is 11.5. The first kappa shape index (κ1) is 11.7. The molecule has 0 spiro atoms. The molecule has 15 heavy (non-hydrogen) atoms. The summed E-state index contributed by atoms with van der Waals surface area (Å²) in [6.07, 6.45) is 0.523. The van der Waals surface area contributed by atoms with Crippen molar-refractivity contribution in [2.45, 2.75) is 12.5 Å². The maximum Gasteiger partial charge on any atom is 0.241 e. The molecule has 4 nitrogen and oxygen atoms in total. The Morgan fingerprint density at radius 1 is 1.47 bits per heavy atom. The molecule has 0 heterocycles. The third-order valence-electron chi connectivity index (χ3n) is 2.01. The fourth-order valence-electron chi connectivity index (χ4n) is 1.13. The maximum atomic E-state index is 11.5. The SMILES string of the molecule is COCCC(N)C(=O)Nc1ccccc1. The maximum absolute atomic E-state index is 11.5. The Balaban J connectivity index is 2.42. The Labute approximate surface area is 89.4 Å². The first-order chi connectivity index (χ1) is 7.24. The summed E-state index contributed by atoms with van der Waals surface area (Å²) in [7, 11) is 1.59. The number of rotatable bonds is 5. The van der Waals surface area contributed by atoms with E-state index in [0.29, 0.717) is 13.0 Å². The van der Waals surface area contributed by atoms with E-state index in [4.69, 9.17) is 10.5 Å². The second-order valence-electron chi connectivity index (χ2n) is 3.24. The van der Waals surface area contributed by atoms with Gasteiger partial charge in [0.2, 0.25) is 5.91 Å². The summed E-state index contributed by atoms with van der Waals surface area (Å²) >= 11 is 0. The Morgan fingerprint density at radius 3 is 2.73 bits per heavy atom. The summed E-state index contributed by atoms with van der Waals surface area (Å²) in [5, 5.41) is 2.73. The number of nitrogens with one attached hydrogen (secondary N) is 1. The van der Waals surface area contributed by atoms with Crippen molar-refractivity contribution in [3.8, 4) is 0 Å². The van der Waals surface area contributed by atoms with Crippen LogP contribution < -0.4 is 11.1 Å². The Hall–Kier alpha value is -1.39. The molecule has 0 aromatic heterocycles.